The van der Waals surface area contributed by atoms with Crippen molar-refractivity contribution in [3.8, 4) is 0 Å². The van der Waals surface area contributed by atoms with Crippen LogP contribution in [-0.2, 0) is 14.4 Å². The Bertz CT molecular complexity index is 884. The first kappa shape index (κ1) is 21.5. The molecule has 1 aromatic carbocycles. The number of carbonyl (C=O) groups is 5. The van der Waals surface area contributed by atoms with Crippen LogP contribution in [0.15, 0.2) is 24.3 Å². The summed E-state index contributed by atoms with van der Waals surface area (Å²) in [7, 11) is 0. The zero-order valence-electron chi connectivity index (χ0n) is 17.1. The first-order valence-electron chi connectivity index (χ1n) is 10.2. The number of amides is 6. The summed E-state index contributed by atoms with van der Waals surface area (Å²) >= 11 is 0. The number of rotatable bonds is 6. The van der Waals surface area contributed by atoms with Crippen LogP contribution in [0.3, 0.4) is 0 Å². The van der Waals surface area contributed by atoms with Crippen LogP contribution in [0.4, 0.5) is 10.5 Å². The number of carbonyl (C=O) groups excluding carboxylic acids is 5. The maximum Gasteiger partial charge on any atom is 0.334 e. The second-order valence-corrected chi connectivity index (χ2v) is 7.67. The molecule has 160 valence electrons. The van der Waals surface area contributed by atoms with Crippen LogP contribution in [0.1, 0.15) is 49.9 Å². The number of hydrogen-bond donors (Lipinski definition) is 2. The van der Waals surface area contributed by atoms with Gasteiger partial charge < -0.3 is 10.6 Å². The zero-order valence-corrected chi connectivity index (χ0v) is 17.1. The van der Waals surface area contributed by atoms with Gasteiger partial charge in [0.05, 0.1) is 0 Å². The summed E-state index contributed by atoms with van der Waals surface area (Å²) in [5.41, 5.74) is 0.725. The Kier molecular flexibility index (Phi) is 6.49. The average molecular weight is 414 g/mol. The minimum Gasteiger partial charge on any atom is -0.352 e. The van der Waals surface area contributed by atoms with Gasteiger partial charge >= 0.3 is 17.8 Å². The Morgan fingerprint density at radius 3 is 2.53 bits per heavy atom. The topological polar surface area (TPSA) is 116 Å². The molecule has 1 saturated carbocycles. The van der Waals surface area contributed by atoms with Crippen molar-refractivity contribution in [2.75, 3.05) is 18.4 Å². The predicted molar refractivity (Wildman–Crippen MR) is 108 cm³/mol. The Morgan fingerprint density at radius 1 is 1.10 bits per heavy atom. The van der Waals surface area contributed by atoms with Crippen LogP contribution < -0.4 is 10.6 Å². The second-order valence-electron chi connectivity index (χ2n) is 7.67. The number of benzene rings is 1. The van der Waals surface area contributed by atoms with E-state index in [0.29, 0.717) is 29.1 Å². The fourth-order valence-electron chi connectivity index (χ4n) is 3.98. The highest BCUT2D eigenvalue weighted by molar-refractivity contribution is 6.45. The summed E-state index contributed by atoms with van der Waals surface area (Å²) in [6, 6.07) is 5.25. The molecule has 2 N–H and O–H groups in total. The van der Waals surface area contributed by atoms with Gasteiger partial charge in [-0.05, 0) is 43.9 Å². The van der Waals surface area contributed by atoms with Gasteiger partial charge in [-0.15, -0.1) is 0 Å². The van der Waals surface area contributed by atoms with Crippen molar-refractivity contribution in [3.05, 3.63) is 29.8 Å². The molecule has 0 spiro atoms. The molecule has 9 heteroatoms. The molecule has 30 heavy (non-hydrogen) atoms. The Balaban J connectivity index is 1.67. The maximum absolute atomic E-state index is 12.8. The van der Waals surface area contributed by atoms with Crippen LogP contribution >= 0.6 is 0 Å². The lowest BCUT2D eigenvalue weighted by atomic mass is 9.85. The second kappa shape index (κ2) is 9.06. The van der Waals surface area contributed by atoms with Gasteiger partial charge in [-0.1, -0.05) is 25.8 Å². The fraction of sp³-hybridized carbons (Fsp3) is 0.476. The van der Waals surface area contributed by atoms with Crippen molar-refractivity contribution in [1.82, 2.24) is 15.1 Å². The number of urea groups is 1. The largest absolute Gasteiger partial charge is 0.352 e. The van der Waals surface area contributed by atoms with Gasteiger partial charge in [0.1, 0.15) is 6.54 Å². The summed E-state index contributed by atoms with van der Waals surface area (Å²) in [4.78, 5) is 63.6. The SMILES string of the molecule is CCNC(=O)c1cccc(NC(=O)CN2C(=O)C(=O)N([C@H]3CCCC[C@@H]3C)C2=O)c1. The quantitative estimate of drug-likeness (QED) is 0.543. The smallest absolute Gasteiger partial charge is 0.334 e. The highest BCUT2D eigenvalue weighted by Gasteiger charge is 2.49. The number of imide groups is 2. The summed E-state index contributed by atoms with van der Waals surface area (Å²) in [5, 5.41) is 5.24. The molecule has 1 saturated heterocycles. The van der Waals surface area contributed by atoms with Crippen LogP contribution in [0, 0.1) is 5.92 Å². The molecule has 6 amide bonds. The molecule has 3 rings (SSSR count). The molecular weight excluding hydrogens is 388 g/mol. The van der Waals surface area contributed by atoms with Gasteiger partial charge in [0.25, 0.3) is 5.91 Å². The molecule has 1 aliphatic heterocycles. The van der Waals surface area contributed by atoms with Crippen LogP contribution in [0.25, 0.3) is 0 Å². The van der Waals surface area contributed by atoms with Crippen molar-refractivity contribution >= 4 is 35.3 Å². The number of hydrogen-bond acceptors (Lipinski definition) is 5. The van der Waals surface area contributed by atoms with Crippen molar-refractivity contribution in [2.45, 2.75) is 45.6 Å². The van der Waals surface area contributed by atoms with E-state index in [0.717, 1.165) is 24.2 Å². The first-order valence-corrected chi connectivity index (χ1v) is 10.2. The van der Waals surface area contributed by atoms with Gasteiger partial charge in [-0.3, -0.25) is 24.1 Å². The number of nitrogens with zero attached hydrogens (tertiary/aromatic N) is 2. The highest BCUT2D eigenvalue weighted by atomic mass is 16.2. The molecule has 1 heterocycles. The van der Waals surface area contributed by atoms with Gasteiger partial charge in [0.15, 0.2) is 0 Å². The molecule has 0 radical (unpaired) electrons. The van der Waals surface area contributed by atoms with E-state index in [-0.39, 0.29) is 17.9 Å². The summed E-state index contributed by atoms with van der Waals surface area (Å²) in [6.07, 6.45) is 3.48. The van der Waals surface area contributed by atoms with E-state index in [1.165, 1.54) is 6.07 Å². The van der Waals surface area contributed by atoms with Crippen molar-refractivity contribution in [2.24, 2.45) is 5.92 Å². The maximum atomic E-state index is 12.8. The van der Waals surface area contributed by atoms with Crippen molar-refractivity contribution in [1.29, 1.82) is 0 Å². The first-order chi connectivity index (χ1) is 14.3. The van der Waals surface area contributed by atoms with Gasteiger partial charge in [-0.2, -0.15) is 0 Å². The van der Waals surface area contributed by atoms with Crippen molar-refractivity contribution in [3.63, 3.8) is 0 Å². The Labute approximate surface area is 174 Å². The molecule has 2 atom stereocenters. The molecule has 2 aliphatic rings. The molecule has 0 unspecified atom stereocenters. The molecule has 0 bridgehead atoms. The summed E-state index contributed by atoms with van der Waals surface area (Å²) in [6.45, 7) is 3.67. The highest BCUT2D eigenvalue weighted by Crippen LogP contribution is 2.31. The third-order valence-electron chi connectivity index (χ3n) is 5.53. The van der Waals surface area contributed by atoms with Crippen LogP contribution in [-0.4, -0.2) is 58.6 Å². The molecular formula is C21H26N4O5. The van der Waals surface area contributed by atoms with Crippen LogP contribution in [0.2, 0.25) is 0 Å². The normalized spacial score (nSPS) is 21.7. The standard InChI is InChI=1S/C21H26N4O5/c1-3-22-18(27)14-8-6-9-15(11-14)23-17(26)12-24-19(28)20(29)25(21(24)30)16-10-5-4-7-13(16)2/h6,8-9,11,13,16H,3-5,7,10,12H2,1-2H3,(H,22,27)(H,23,26)/t13-,16-/m0/s1. The fourth-order valence-corrected chi connectivity index (χ4v) is 3.98. The van der Waals surface area contributed by atoms with E-state index in [4.69, 9.17) is 0 Å². The van der Waals surface area contributed by atoms with Gasteiger partial charge in [0, 0.05) is 23.8 Å². The van der Waals surface area contributed by atoms with E-state index < -0.39 is 30.3 Å². The Morgan fingerprint density at radius 2 is 1.83 bits per heavy atom. The van der Waals surface area contributed by atoms with E-state index >= 15 is 0 Å². The molecule has 9 nitrogen and oxygen atoms in total. The van der Waals surface area contributed by atoms with Crippen molar-refractivity contribution < 1.29 is 24.0 Å². The van der Waals surface area contributed by atoms with E-state index in [9.17, 15) is 24.0 Å². The predicted octanol–water partition coefficient (Wildman–Crippen LogP) is 1.74. The minimum atomic E-state index is -0.982. The number of anilines is 1. The monoisotopic (exact) mass is 414 g/mol. The molecule has 1 aromatic rings. The lowest BCUT2D eigenvalue weighted by Gasteiger charge is -2.34. The molecule has 0 aromatic heterocycles. The van der Waals surface area contributed by atoms with Gasteiger partial charge in [-0.25, -0.2) is 9.69 Å². The number of nitrogens with one attached hydrogen (secondary N) is 2. The van der Waals surface area contributed by atoms with E-state index in [1.54, 1.807) is 25.1 Å². The Hall–Kier alpha value is -3.23. The average Bonchev–Trinajstić information content (AvgIpc) is 2.92. The van der Waals surface area contributed by atoms with E-state index in [1.807, 2.05) is 6.92 Å². The minimum absolute atomic E-state index is 0.116. The van der Waals surface area contributed by atoms with Crippen LogP contribution in [0.5, 0.6) is 0 Å². The third kappa shape index (κ3) is 4.34. The van der Waals surface area contributed by atoms with Gasteiger partial charge in [0.2, 0.25) is 5.91 Å². The van der Waals surface area contributed by atoms with E-state index in [2.05, 4.69) is 10.6 Å². The molecule has 2 fully saturated rings. The molecule has 1 aliphatic carbocycles. The lowest BCUT2D eigenvalue weighted by molar-refractivity contribution is -0.145. The third-order valence-corrected chi connectivity index (χ3v) is 5.53. The lowest BCUT2D eigenvalue weighted by Crippen LogP contribution is -2.46. The summed E-state index contributed by atoms with van der Waals surface area (Å²) < 4.78 is 0. The zero-order chi connectivity index (χ0) is 21.8. The summed E-state index contributed by atoms with van der Waals surface area (Å²) in [5.74, 6) is -2.64.